The van der Waals surface area contributed by atoms with Crippen molar-refractivity contribution in [2.75, 3.05) is 6.61 Å². The molecule has 1 saturated carbocycles. The lowest BCUT2D eigenvalue weighted by atomic mass is 9.77. The molecular weight excluding hydrogens is 299 g/mol. The van der Waals surface area contributed by atoms with Gasteiger partial charge in [0, 0.05) is 11.5 Å². The molecule has 1 aliphatic heterocycles. The van der Waals surface area contributed by atoms with Crippen LogP contribution in [-0.2, 0) is 4.74 Å². The number of allylic oxidation sites excluding steroid dienone is 1. The van der Waals surface area contributed by atoms with E-state index in [0.717, 1.165) is 36.8 Å². The highest BCUT2D eigenvalue weighted by Crippen LogP contribution is 2.40. The molecule has 0 spiro atoms. The van der Waals surface area contributed by atoms with Crippen LogP contribution in [0.2, 0.25) is 0 Å². The van der Waals surface area contributed by atoms with Crippen molar-refractivity contribution in [3.63, 3.8) is 0 Å². The quantitative estimate of drug-likeness (QED) is 0.594. The summed E-state index contributed by atoms with van der Waals surface area (Å²) in [4.78, 5) is 0. The van der Waals surface area contributed by atoms with Gasteiger partial charge in [-0.3, -0.25) is 0 Å². The van der Waals surface area contributed by atoms with E-state index in [2.05, 4.69) is 25.3 Å². The summed E-state index contributed by atoms with van der Waals surface area (Å²) in [6.07, 6.45) is 10.4. The van der Waals surface area contributed by atoms with Gasteiger partial charge in [0.15, 0.2) is 0 Å². The Balaban J connectivity index is 1.75. The molecule has 2 aliphatic rings. The summed E-state index contributed by atoms with van der Waals surface area (Å²) in [6.45, 7) is 10.3. The van der Waals surface area contributed by atoms with Crippen LogP contribution in [0, 0.1) is 24.6 Å². The standard InChI is InChI=1S/C22H29FO/c1-4-16-6-9-18(10-7-16)19-11-12-20(22(23)15(19)3)21-13-8-17(5-2)14-24-21/h4-5,11-12,16-18,21H,1-2,6-10,13-14H2,3H3. The predicted molar refractivity (Wildman–Crippen MR) is 97.6 cm³/mol. The van der Waals surface area contributed by atoms with E-state index in [1.54, 1.807) is 0 Å². The van der Waals surface area contributed by atoms with E-state index in [0.29, 0.717) is 24.4 Å². The molecule has 1 aromatic carbocycles. The fraction of sp³-hybridized carbons (Fsp3) is 0.545. The molecule has 0 N–H and O–H groups in total. The Morgan fingerprint density at radius 2 is 1.58 bits per heavy atom. The molecular formula is C22H29FO. The van der Waals surface area contributed by atoms with Crippen LogP contribution in [0.5, 0.6) is 0 Å². The third-order valence-corrected chi connectivity index (χ3v) is 5.99. The van der Waals surface area contributed by atoms with Gasteiger partial charge in [-0.05, 0) is 68.4 Å². The maximum absolute atomic E-state index is 15.0. The van der Waals surface area contributed by atoms with Crippen molar-refractivity contribution in [3.8, 4) is 0 Å². The van der Waals surface area contributed by atoms with E-state index in [9.17, 15) is 0 Å². The molecule has 0 radical (unpaired) electrons. The van der Waals surface area contributed by atoms with Gasteiger partial charge in [0.25, 0.3) is 0 Å². The highest BCUT2D eigenvalue weighted by atomic mass is 19.1. The molecule has 1 aromatic rings. The molecule has 0 aromatic heterocycles. The van der Waals surface area contributed by atoms with Crippen molar-refractivity contribution in [1.82, 2.24) is 0 Å². The van der Waals surface area contributed by atoms with Gasteiger partial charge in [-0.15, -0.1) is 13.2 Å². The molecule has 2 atom stereocenters. The van der Waals surface area contributed by atoms with Crippen molar-refractivity contribution in [2.45, 2.75) is 57.5 Å². The molecule has 2 heteroatoms. The third kappa shape index (κ3) is 3.49. The number of hydrogen-bond donors (Lipinski definition) is 0. The first-order valence-electron chi connectivity index (χ1n) is 9.29. The SMILES string of the molecule is C=CC1CCC(c2ccc(C3CCC(C=C)CO3)c(F)c2C)CC1. The van der Waals surface area contributed by atoms with E-state index >= 15 is 4.39 Å². The van der Waals surface area contributed by atoms with Crippen molar-refractivity contribution in [2.24, 2.45) is 11.8 Å². The fourth-order valence-corrected chi connectivity index (χ4v) is 4.28. The zero-order valence-electron chi connectivity index (χ0n) is 14.8. The van der Waals surface area contributed by atoms with Crippen LogP contribution in [-0.4, -0.2) is 6.61 Å². The highest BCUT2D eigenvalue weighted by Gasteiger charge is 2.27. The molecule has 130 valence electrons. The Morgan fingerprint density at radius 3 is 2.17 bits per heavy atom. The van der Waals surface area contributed by atoms with E-state index < -0.39 is 0 Å². The first-order valence-corrected chi connectivity index (χ1v) is 9.29. The van der Waals surface area contributed by atoms with Gasteiger partial charge < -0.3 is 4.74 Å². The van der Waals surface area contributed by atoms with Crippen molar-refractivity contribution >= 4 is 0 Å². The molecule has 3 rings (SSSR count). The first-order chi connectivity index (χ1) is 11.6. The Kier molecular flexibility index (Phi) is 5.55. The van der Waals surface area contributed by atoms with Crippen molar-refractivity contribution in [1.29, 1.82) is 0 Å². The van der Waals surface area contributed by atoms with Crippen LogP contribution in [0.15, 0.2) is 37.4 Å². The minimum Gasteiger partial charge on any atom is -0.373 e. The van der Waals surface area contributed by atoms with Gasteiger partial charge in [-0.1, -0.05) is 24.3 Å². The lowest BCUT2D eigenvalue weighted by Crippen LogP contribution is -2.20. The van der Waals surface area contributed by atoms with Gasteiger partial charge in [0.1, 0.15) is 5.82 Å². The summed E-state index contributed by atoms with van der Waals surface area (Å²) in [6, 6.07) is 4.12. The van der Waals surface area contributed by atoms with Crippen LogP contribution >= 0.6 is 0 Å². The highest BCUT2D eigenvalue weighted by molar-refractivity contribution is 5.37. The predicted octanol–water partition coefficient (Wildman–Crippen LogP) is 6.25. The van der Waals surface area contributed by atoms with Crippen molar-refractivity contribution < 1.29 is 9.13 Å². The monoisotopic (exact) mass is 328 g/mol. The summed E-state index contributed by atoms with van der Waals surface area (Å²) in [7, 11) is 0. The largest absolute Gasteiger partial charge is 0.373 e. The summed E-state index contributed by atoms with van der Waals surface area (Å²) < 4.78 is 20.9. The summed E-state index contributed by atoms with van der Waals surface area (Å²) in [5, 5.41) is 0. The Hall–Kier alpha value is -1.41. The summed E-state index contributed by atoms with van der Waals surface area (Å²) >= 11 is 0. The molecule has 2 unspecified atom stereocenters. The first kappa shape index (κ1) is 17.4. The molecule has 24 heavy (non-hydrogen) atoms. The smallest absolute Gasteiger partial charge is 0.132 e. The Morgan fingerprint density at radius 1 is 0.958 bits per heavy atom. The average Bonchev–Trinajstić information content (AvgIpc) is 2.64. The van der Waals surface area contributed by atoms with Gasteiger partial charge in [0.05, 0.1) is 12.7 Å². The summed E-state index contributed by atoms with van der Waals surface area (Å²) in [5.74, 6) is 1.48. The number of hydrogen-bond acceptors (Lipinski definition) is 1. The maximum atomic E-state index is 15.0. The van der Waals surface area contributed by atoms with Crippen LogP contribution in [0.4, 0.5) is 4.39 Å². The second-order valence-corrected chi connectivity index (χ2v) is 7.43. The fourth-order valence-electron chi connectivity index (χ4n) is 4.28. The number of ether oxygens (including phenoxy) is 1. The molecule has 1 saturated heterocycles. The Labute approximate surface area is 145 Å². The number of halogens is 1. The third-order valence-electron chi connectivity index (χ3n) is 5.99. The van der Waals surface area contributed by atoms with Crippen LogP contribution in [0.1, 0.15) is 67.2 Å². The van der Waals surface area contributed by atoms with E-state index in [4.69, 9.17) is 4.74 Å². The minimum atomic E-state index is -0.106. The number of benzene rings is 1. The second kappa shape index (κ2) is 7.65. The minimum absolute atomic E-state index is 0.0552. The van der Waals surface area contributed by atoms with Crippen molar-refractivity contribution in [3.05, 3.63) is 60.0 Å². The van der Waals surface area contributed by atoms with Gasteiger partial charge >= 0.3 is 0 Å². The zero-order chi connectivity index (χ0) is 17.1. The topological polar surface area (TPSA) is 9.23 Å². The van der Waals surface area contributed by atoms with Gasteiger partial charge in [-0.2, -0.15) is 0 Å². The van der Waals surface area contributed by atoms with Crippen LogP contribution in [0.3, 0.4) is 0 Å². The summed E-state index contributed by atoms with van der Waals surface area (Å²) in [5.41, 5.74) is 2.75. The number of rotatable bonds is 4. The van der Waals surface area contributed by atoms with Gasteiger partial charge in [0.2, 0.25) is 0 Å². The van der Waals surface area contributed by atoms with E-state index in [1.165, 1.54) is 18.4 Å². The van der Waals surface area contributed by atoms with Crippen LogP contribution < -0.4 is 0 Å². The molecule has 2 fully saturated rings. The molecule has 1 heterocycles. The lowest BCUT2D eigenvalue weighted by Gasteiger charge is -2.30. The molecule has 1 nitrogen and oxygen atoms in total. The Bertz CT molecular complexity index is 537. The maximum Gasteiger partial charge on any atom is 0.132 e. The second-order valence-electron chi connectivity index (χ2n) is 7.43. The normalized spacial score (nSPS) is 30.8. The zero-order valence-corrected chi connectivity index (χ0v) is 14.8. The molecule has 0 bridgehead atoms. The van der Waals surface area contributed by atoms with Crippen LogP contribution in [0.25, 0.3) is 0 Å². The lowest BCUT2D eigenvalue weighted by molar-refractivity contribution is -0.00709. The molecule has 1 aliphatic carbocycles. The van der Waals surface area contributed by atoms with E-state index in [1.807, 2.05) is 19.1 Å². The van der Waals surface area contributed by atoms with Gasteiger partial charge in [-0.25, -0.2) is 4.39 Å². The molecule has 0 amide bonds. The average molecular weight is 328 g/mol. The van der Waals surface area contributed by atoms with E-state index in [-0.39, 0.29) is 11.9 Å².